The Morgan fingerprint density at radius 3 is 2.21 bits per heavy atom. The van der Waals surface area contributed by atoms with Gasteiger partial charge in [0.1, 0.15) is 0 Å². The zero-order chi connectivity index (χ0) is 24.7. The van der Waals surface area contributed by atoms with Gasteiger partial charge in [0.2, 0.25) is 0 Å². The molecule has 0 saturated heterocycles. The van der Waals surface area contributed by atoms with Crippen LogP contribution in [0.3, 0.4) is 0 Å². The van der Waals surface area contributed by atoms with Crippen LogP contribution in [-0.4, -0.2) is 6.04 Å². The predicted molar refractivity (Wildman–Crippen MR) is 126 cm³/mol. The molecule has 0 bridgehead atoms. The van der Waals surface area contributed by atoms with Gasteiger partial charge < -0.3 is 5.32 Å². The molecule has 0 aliphatic carbocycles. The van der Waals surface area contributed by atoms with Crippen molar-refractivity contribution in [2.75, 3.05) is 0 Å². The first-order valence-corrected chi connectivity index (χ1v) is 11.1. The van der Waals surface area contributed by atoms with Crippen molar-refractivity contribution in [3.63, 3.8) is 0 Å². The van der Waals surface area contributed by atoms with Gasteiger partial charge in [-0.1, -0.05) is 48.0 Å². The van der Waals surface area contributed by atoms with Crippen LogP contribution in [0.5, 0.6) is 0 Å². The van der Waals surface area contributed by atoms with E-state index in [1.165, 1.54) is 12.1 Å². The number of nitrogens with zero attached hydrogens (tertiary/aromatic N) is 2. The van der Waals surface area contributed by atoms with Gasteiger partial charge in [-0.25, -0.2) is 0 Å². The summed E-state index contributed by atoms with van der Waals surface area (Å²) in [4.78, 5) is 0. The Kier molecular flexibility index (Phi) is 8.34. The molecule has 3 aromatic rings. The van der Waals surface area contributed by atoms with Crippen molar-refractivity contribution in [3.8, 4) is 12.1 Å². The van der Waals surface area contributed by atoms with Crippen LogP contribution in [0.25, 0.3) is 0 Å². The molecule has 3 aromatic carbocycles. The van der Waals surface area contributed by atoms with Crippen molar-refractivity contribution in [2.45, 2.75) is 43.9 Å². The van der Waals surface area contributed by atoms with Crippen molar-refractivity contribution < 1.29 is 13.2 Å². The van der Waals surface area contributed by atoms with Crippen molar-refractivity contribution in [3.05, 3.63) is 106 Å². The first kappa shape index (κ1) is 25.3. The first-order valence-electron chi connectivity index (χ1n) is 10.8. The van der Waals surface area contributed by atoms with E-state index in [9.17, 15) is 23.7 Å². The summed E-state index contributed by atoms with van der Waals surface area (Å²) in [5, 5.41) is 22.8. The third-order valence-corrected chi connectivity index (χ3v) is 6.07. The zero-order valence-electron chi connectivity index (χ0n) is 18.5. The Labute approximate surface area is 202 Å². The molecule has 3 atom stereocenters. The molecule has 0 radical (unpaired) electrons. The summed E-state index contributed by atoms with van der Waals surface area (Å²) < 4.78 is 38.9. The molecule has 0 aliphatic heterocycles. The highest BCUT2D eigenvalue weighted by atomic mass is 35.5. The quantitative estimate of drug-likeness (QED) is 0.370. The maximum absolute atomic E-state index is 13.0. The van der Waals surface area contributed by atoms with E-state index < -0.39 is 17.8 Å². The molecule has 1 unspecified atom stereocenters. The summed E-state index contributed by atoms with van der Waals surface area (Å²) in [6.07, 6.45) is -3.67. The SMILES string of the molecule is C[C@H](NC(CC#N)c1ccc(C(F)(F)F)cc1)[C@@H](Cc1ccc(Cl)cc1)c1cccc(C#N)c1. The molecule has 1 N–H and O–H groups in total. The number of nitriles is 2. The molecule has 0 aromatic heterocycles. The summed E-state index contributed by atoms with van der Waals surface area (Å²) in [5.41, 5.74) is 2.43. The van der Waals surface area contributed by atoms with Gasteiger partial charge in [0.05, 0.1) is 29.7 Å². The second-order valence-corrected chi connectivity index (χ2v) is 8.60. The summed E-state index contributed by atoms with van der Waals surface area (Å²) in [7, 11) is 0. The Morgan fingerprint density at radius 2 is 1.62 bits per heavy atom. The predicted octanol–water partition coefficient (Wildman–Crippen LogP) is 7.19. The standard InChI is InChI=1S/C27H23ClF3N3/c1-18(34-26(13-14-32)21-7-9-23(10-8-21)27(29,30)31)25(16-19-5-11-24(28)12-6-19)22-4-2-3-20(15-22)17-33/h2-12,15,18,25-26,34H,13,16H2,1H3/t18-,25+,26?/m0/s1. The number of halogens is 4. The van der Waals surface area contributed by atoms with Gasteiger partial charge in [0, 0.05) is 23.0 Å². The average Bonchev–Trinajstić information content (AvgIpc) is 2.83. The van der Waals surface area contributed by atoms with Gasteiger partial charge in [-0.3, -0.25) is 0 Å². The Balaban J connectivity index is 1.90. The van der Waals surface area contributed by atoms with Gasteiger partial charge in [0.25, 0.3) is 0 Å². The minimum absolute atomic E-state index is 0.0647. The van der Waals surface area contributed by atoms with Crippen LogP contribution in [0, 0.1) is 22.7 Å². The maximum Gasteiger partial charge on any atom is 0.416 e. The fourth-order valence-corrected chi connectivity index (χ4v) is 4.12. The van der Waals surface area contributed by atoms with Gasteiger partial charge in [0.15, 0.2) is 0 Å². The lowest BCUT2D eigenvalue weighted by atomic mass is 9.85. The molecular weight excluding hydrogens is 459 g/mol. The summed E-state index contributed by atoms with van der Waals surface area (Å²) >= 11 is 6.03. The Bertz CT molecular complexity index is 1180. The molecule has 34 heavy (non-hydrogen) atoms. The van der Waals surface area contributed by atoms with Crippen molar-refractivity contribution >= 4 is 11.6 Å². The van der Waals surface area contributed by atoms with E-state index in [-0.39, 0.29) is 18.4 Å². The van der Waals surface area contributed by atoms with Crippen LogP contribution in [0.4, 0.5) is 13.2 Å². The average molecular weight is 482 g/mol. The van der Waals surface area contributed by atoms with Crippen LogP contribution in [0.15, 0.2) is 72.8 Å². The smallest absolute Gasteiger partial charge is 0.306 e. The van der Waals surface area contributed by atoms with Gasteiger partial charge in [-0.15, -0.1) is 0 Å². The van der Waals surface area contributed by atoms with E-state index in [1.807, 2.05) is 49.4 Å². The minimum Gasteiger partial charge on any atom is -0.306 e. The van der Waals surface area contributed by atoms with E-state index in [0.717, 1.165) is 23.3 Å². The normalized spacial score (nSPS) is 14.0. The number of benzene rings is 3. The summed E-state index contributed by atoms with van der Waals surface area (Å²) in [6.45, 7) is 1.98. The molecule has 0 spiro atoms. The number of hydrogen-bond donors (Lipinski definition) is 1. The highest BCUT2D eigenvalue weighted by Gasteiger charge is 2.30. The second-order valence-electron chi connectivity index (χ2n) is 8.16. The van der Waals surface area contributed by atoms with Gasteiger partial charge in [-0.2, -0.15) is 23.7 Å². The van der Waals surface area contributed by atoms with Gasteiger partial charge >= 0.3 is 6.18 Å². The van der Waals surface area contributed by atoms with Gasteiger partial charge in [-0.05, 0) is 66.4 Å². The highest BCUT2D eigenvalue weighted by Crippen LogP contribution is 2.32. The lowest BCUT2D eigenvalue weighted by Gasteiger charge is -2.30. The van der Waals surface area contributed by atoms with E-state index in [2.05, 4.69) is 17.5 Å². The molecule has 7 heteroatoms. The zero-order valence-corrected chi connectivity index (χ0v) is 19.2. The van der Waals surface area contributed by atoms with E-state index in [1.54, 1.807) is 6.07 Å². The van der Waals surface area contributed by atoms with Crippen molar-refractivity contribution in [2.24, 2.45) is 0 Å². The minimum atomic E-state index is -4.42. The molecule has 3 rings (SSSR count). The van der Waals surface area contributed by atoms with E-state index in [0.29, 0.717) is 22.6 Å². The molecular formula is C27H23ClF3N3. The first-order chi connectivity index (χ1) is 16.2. The molecule has 0 aliphatic rings. The summed E-state index contributed by atoms with van der Waals surface area (Å²) in [6, 6.07) is 23.5. The van der Waals surface area contributed by atoms with E-state index in [4.69, 9.17) is 11.6 Å². The Hall–Kier alpha value is -3.32. The van der Waals surface area contributed by atoms with Crippen LogP contribution < -0.4 is 5.32 Å². The molecule has 3 nitrogen and oxygen atoms in total. The van der Waals surface area contributed by atoms with Crippen LogP contribution in [0.2, 0.25) is 5.02 Å². The molecule has 0 amide bonds. The fourth-order valence-electron chi connectivity index (χ4n) is 4.00. The molecule has 0 fully saturated rings. The lowest BCUT2D eigenvalue weighted by Crippen LogP contribution is -2.36. The topological polar surface area (TPSA) is 59.6 Å². The van der Waals surface area contributed by atoms with Crippen molar-refractivity contribution in [1.82, 2.24) is 5.32 Å². The highest BCUT2D eigenvalue weighted by molar-refractivity contribution is 6.30. The monoisotopic (exact) mass is 481 g/mol. The third kappa shape index (κ3) is 6.60. The maximum atomic E-state index is 13.0. The number of rotatable bonds is 8. The number of nitrogens with one attached hydrogen (secondary N) is 1. The van der Waals surface area contributed by atoms with E-state index >= 15 is 0 Å². The lowest BCUT2D eigenvalue weighted by molar-refractivity contribution is -0.137. The Morgan fingerprint density at radius 1 is 0.941 bits per heavy atom. The van der Waals surface area contributed by atoms with Crippen molar-refractivity contribution in [1.29, 1.82) is 10.5 Å². The third-order valence-electron chi connectivity index (χ3n) is 5.82. The fraction of sp³-hybridized carbons (Fsp3) is 0.259. The van der Waals surface area contributed by atoms with Crippen LogP contribution in [0.1, 0.15) is 53.1 Å². The second kappa shape index (κ2) is 11.2. The molecule has 174 valence electrons. The molecule has 0 saturated carbocycles. The van der Waals surface area contributed by atoms with Crippen LogP contribution in [-0.2, 0) is 12.6 Å². The largest absolute Gasteiger partial charge is 0.416 e. The number of hydrogen-bond acceptors (Lipinski definition) is 3. The number of alkyl halides is 3. The summed E-state index contributed by atoms with van der Waals surface area (Å²) in [5.74, 6) is -0.0647. The van der Waals surface area contributed by atoms with Crippen LogP contribution >= 0.6 is 11.6 Å². The molecule has 0 heterocycles.